The average Bonchev–Trinajstić information content (AvgIpc) is 3.02. The van der Waals surface area contributed by atoms with Crippen LogP contribution in [0.1, 0.15) is 93.0 Å². The normalized spacial score (nSPS) is 12.8. The Morgan fingerprint density at radius 3 is 1.70 bits per heavy atom. The smallest absolute Gasteiger partial charge is 1.00 e. The van der Waals surface area contributed by atoms with Gasteiger partial charge in [0.05, 0.1) is 0 Å². The molecule has 0 N–H and O–H groups in total. The standard InChI is InChI=1S/C25H39Si.3ClH.Ti/c1-8-10-12-13-22-15-23(14-11-9-2)24(16-22)26-25-20(6)18(4)17(3)19(5)21(25)7;;;;/h8-14,16,26H2,1-7H3;3*1H;/q-1;;;;+4/p-3. The zero-order valence-corrected chi connectivity index (χ0v) is 25.2. The van der Waals surface area contributed by atoms with E-state index in [9.17, 15) is 0 Å². The van der Waals surface area contributed by atoms with Gasteiger partial charge in [-0.15, -0.1) is 0 Å². The van der Waals surface area contributed by atoms with E-state index in [1.165, 1.54) is 68.1 Å². The third-order valence-corrected chi connectivity index (χ3v) is 9.11. The SMILES string of the molecule is CCCCCC1=[C-]C(CCCC)=C([SiH2]c2c(C)c(C)c(C)c(C)c2C)C1.[Cl-].[Cl-].[Cl-].[Ti+4]. The molecule has 0 radical (unpaired) electrons. The van der Waals surface area contributed by atoms with Gasteiger partial charge in [0.25, 0.3) is 0 Å². The van der Waals surface area contributed by atoms with E-state index in [-0.39, 0.29) is 58.9 Å². The number of allylic oxidation sites excluding steroid dienone is 4. The predicted molar refractivity (Wildman–Crippen MR) is 120 cm³/mol. The van der Waals surface area contributed by atoms with Crippen molar-refractivity contribution in [1.82, 2.24) is 0 Å². The van der Waals surface area contributed by atoms with Crippen molar-refractivity contribution in [3.8, 4) is 0 Å². The maximum atomic E-state index is 3.87. The van der Waals surface area contributed by atoms with E-state index in [1.54, 1.807) is 32.7 Å². The third kappa shape index (κ3) is 8.80. The van der Waals surface area contributed by atoms with E-state index < -0.39 is 9.52 Å². The Kier molecular flexibility index (Phi) is 19.9. The van der Waals surface area contributed by atoms with Gasteiger partial charge in [-0.25, -0.2) is 16.8 Å². The Morgan fingerprint density at radius 2 is 1.20 bits per heavy atom. The fourth-order valence-corrected chi connectivity index (χ4v) is 6.66. The zero-order valence-electron chi connectivity index (χ0n) is 20.0. The number of hydrogen-bond acceptors (Lipinski definition) is 0. The van der Waals surface area contributed by atoms with Crippen molar-refractivity contribution in [2.45, 2.75) is 99.8 Å². The van der Waals surface area contributed by atoms with Gasteiger partial charge in [0.1, 0.15) is 0 Å². The quantitative estimate of drug-likeness (QED) is 0.187. The Morgan fingerprint density at radius 1 is 0.700 bits per heavy atom. The first-order valence-corrected chi connectivity index (χ1v) is 12.2. The van der Waals surface area contributed by atoms with Gasteiger partial charge in [0.2, 0.25) is 0 Å². The van der Waals surface area contributed by atoms with Gasteiger partial charge in [-0.05, 0) is 60.8 Å². The molecule has 1 aromatic rings. The molecule has 30 heavy (non-hydrogen) atoms. The van der Waals surface area contributed by atoms with Crippen LogP contribution in [0.2, 0.25) is 0 Å². The van der Waals surface area contributed by atoms with Crippen LogP contribution in [-0.4, -0.2) is 9.52 Å². The number of hydrogen-bond donors (Lipinski definition) is 0. The first-order valence-electron chi connectivity index (χ1n) is 10.8. The summed E-state index contributed by atoms with van der Waals surface area (Å²) in [5.41, 5.74) is 10.9. The monoisotopic (exact) mass is 520 g/mol. The van der Waals surface area contributed by atoms with E-state index in [4.69, 9.17) is 0 Å². The molecule has 0 unspecified atom stereocenters. The minimum absolute atomic E-state index is 0. The topological polar surface area (TPSA) is 0 Å². The molecule has 0 atom stereocenters. The van der Waals surface area contributed by atoms with Crippen molar-refractivity contribution in [1.29, 1.82) is 0 Å². The molecule has 1 aromatic carbocycles. The van der Waals surface area contributed by atoms with Gasteiger partial charge in [-0.3, -0.25) is 0 Å². The molecule has 0 aromatic heterocycles. The molecule has 0 saturated heterocycles. The van der Waals surface area contributed by atoms with E-state index >= 15 is 0 Å². The van der Waals surface area contributed by atoms with Crippen LogP contribution in [-0.2, 0) is 21.7 Å². The fraction of sp³-hybridized carbons (Fsp3) is 0.600. The summed E-state index contributed by atoms with van der Waals surface area (Å²) in [6.07, 6.45) is 14.2. The summed E-state index contributed by atoms with van der Waals surface area (Å²) >= 11 is 0. The average molecular weight is 522 g/mol. The Balaban J connectivity index is -0.00000182. The molecule has 0 spiro atoms. The molecule has 0 fully saturated rings. The summed E-state index contributed by atoms with van der Waals surface area (Å²) in [4.78, 5) is 0. The second-order valence-electron chi connectivity index (χ2n) is 8.33. The van der Waals surface area contributed by atoms with Crippen molar-refractivity contribution in [3.63, 3.8) is 0 Å². The molecule has 2 rings (SSSR count). The van der Waals surface area contributed by atoms with Gasteiger partial charge >= 0.3 is 21.7 Å². The van der Waals surface area contributed by atoms with E-state index in [1.807, 2.05) is 0 Å². The van der Waals surface area contributed by atoms with Gasteiger partial charge in [-0.2, -0.15) is 5.57 Å². The summed E-state index contributed by atoms with van der Waals surface area (Å²) in [7, 11) is -0.391. The molecule has 0 aliphatic heterocycles. The number of benzene rings is 1. The molecule has 1 aliphatic rings. The largest absolute Gasteiger partial charge is 4.00 e. The van der Waals surface area contributed by atoms with Gasteiger partial charge < -0.3 is 37.2 Å². The zero-order chi connectivity index (χ0) is 19.3. The molecule has 0 amide bonds. The van der Waals surface area contributed by atoms with Gasteiger partial charge in [0, 0.05) is 0 Å². The minimum atomic E-state index is -0.391. The summed E-state index contributed by atoms with van der Waals surface area (Å²) in [6.45, 7) is 16.2. The summed E-state index contributed by atoms with van der Waals surface area (Å²) in [6, 6.07) is 0. The van der Waals surface area contributed by atoms with Crippen LogP contribution in [0.15, 0.2) is 16.3 Å². The Labute approximate surface area is 222 Å². The second-order valence-corrected chi connectivity index (χ2v) is 10.2. The van der Waals surface area contributed by atoms with Crippen LogP contribution in [0.25, 0.3) is 0 Å². The Hall–Kier alpha value is 0.501. The molecule has 168 valence electrons. The third-order valence-electron chi connectivity index (χ3n) is 6.59. The van der Waals surface area contributed by atoms with Crippen molar-refractivity contribution < 1.29 is 58.9 Å². The molecule has 5 heteroatoms. The van der Waals surface area contributed by atoms with Crippen LogP contribution in [0.3, 0.4) is 0 Å². The number of halogens is 3. The summed E-state index contributed by atoms with van der Waals surface area (Å²) in [5.74, 6) is 0. The number of unbranched alkanes of at least 4 members (excludes halogenated alkanes) is 3. The van der Waals surface area contributed by atoms with Gasteiger partial charge in [-0.1, -0.05) is 81.5 Å². The second kappa shape index (κ2) is 17.0. The summed E-state index contributed by atoms with van der Waals surface area (Å²) in [5, 5.41) is 3.50. The first-order chi connectivity index (χ1) is 12.4. The van der Waals surface area contributed by atoms with Crippen LogP contribution in [0.5, 0.6) is 0 Å². The molecule has 0 heterocycles. The van der Waals surface area contributed by atoms with Gasteiger partial charge in [0.15, 0.2) is 0 Å². The van der Waals surface area contributed by atoms with Crippen molar-refractivity contribution >= 4 is 14.7 Å². The van der Waals surface area contributed by atoms with Crippen molar-refractivity contribution in [2.24, 2.45) is 0 Å². The first kappa shape index (κ1) is 35.1. The van der Waals surface area contributed by atoms with E-state index in [2.05, 4.69) is 54.5 Å². The molecular weight excluding hydrogens is 483 g/mol. The van der Waals surface area contributed by atoms with Crippen molar-refractivity contribution in [2.75, 3.05) is 0 Å². The summed E-state index contributed by atoms with van der Waals surface area (Å²) < 4.78 is 0. The molecule has 0 saturated carbocycles. The Bertz CT molecular complexity index is 695. The predicted octanol–water partition coefficient (Wildman–Crippen LogP) is -2.81. The molecular formula is C25H39Cl3SiTi. The fourth-order valence-electron chi connectivity index (χ4n) is 4.27. The van der Waals surface area contributed by atoms with Crippen LogP contribution >= 0.6 is 0 Å². The van der Waals surface area contributed by atoms with Crippen molar-refractivity contribution in [3.05, 3.63) is 50.2 Å². The van der Waals surface area contributed by atoms with Crippen LogP contribution < -0.4 is 42.4 Å². The maximum absolute atomic E-state index is 3.87. The molecule has 1 aliphatic carbocycles. The maximum Gasteiger partial charge on any atom is 4.00 e. The van der Waals surface area contributed by atoms with E-state index in [0.29, 0.717) is 0 Å². The molecule has 0 bridgehead atoms. The van der Waals surface area contributed by atoms with Crippen LogP contribution in [0.4, 0.5) is 0 Å². The number of rotatable bonds is 9. The van der Waals surface area contributed by atoms with E-state index in [0.717, 1.165) is 0 Å². The minimum Gasteiger partial charge on any atom is -1.00 e. The van der Waals surface area contributed by atoms with Crippen LogP contribution in [0, 0.1) is 40.7 Å². The molecule has 0 nitrogen and oxygen atoms in total.